The number of benzene rings is 1. The number of methoxy groups -OCH3 is 1. The second kappa shape index (κ2) is 4.17. The Labute approximate surface area is 99.7 Å². The SMILES string of the molecule is COc1c(F)c(F)cc2c1N=CC(C(=O)O)C2=O. The van der Waals surface area contributed by atoms with E-state index in [0.717, 1.165) is 13.3 Å². The number of ketones is 1. The van der Waals surface area contributed by atoms with Gasteiger partial charge in [-0.25, -0.2) is 4.39 Å². The van der Waals surface area contributed by atoms with Gasteiger partial charge in [-0.1, -0.05) is 0 Å². The van der Waals surface area contributed by atoms with Crippen LogP contribution in [0.25, 0.3) is 0 Å². The molecule has 1 aliphatic heterocycles. The molecule has 0 amide bonds. The smallest absolute Gasteiger partial charge is 0.319 e. The number of Topliss-reactive ketones (excluding diaryl/α,β-unsaturated/α-hetero) is 1. The van der Waals surface area contributed by atoms with Gasteiger partial charge in [0, 0.05) is 6.21 Å². The van der Waals surface area contributed by atoms with Crippen molar-refractivity contribution in [2.45, 2.75) is 0 Å². The molecule has 0 bridgehead atoms. The maximum absolute atomic E-state index is 13.4. The Morgan fingerprint density at radius 2 is 2.17 bits per heavy atom. The predicted molar refractivity (Wildman–Crippen MR) is 56.5 cm³/mol. The van der Waals surface area contributed by atoms with Crippen molar-refractivity contribution in [1.82, 2.24) is 0 Å². The van der Waals surface area contributed by atoms with Gasteiger partial charge in [-0.05, 0) is 6.07 Å². The number of rotatable bonds is 2. The van der Waals surface area contributed by atoms with Gasteiger partial charge in [0.25, 0.3) is 0 Å². The highest BCUT2D eigenvalue weighted by Gasteiger charge is 2.34. The van der Waals surface area contributed by atoms with E-state index in [2.05, 4.69) is 9.73 Å². The number of carboxylic acids is 1. The summed E-state index contributed by atoms with van der Waals surface area (Å²) in [5.74, 6) is -6.83. The molecular weight excluding hydrogens is 248 g/mol. The first kappa shape index (κ1) is 12.2. The number of aliphatic carboxylic acids is 1. The fraction of sp³-hybridized carbons (Fsp3) is 0.182. The number of carbonyl (C=O) groups excluding carboxylic acids is 1. The number of carbonyl (C=O) groups is 2. The number of nitrogens with zero attached hydrogens (tertiary/aromatic N) is 1. The Kier molecular flexibility index (Phi) is 2.82. The molecule has 1 unspecified atom stereocenters. The topological polar surface area (TPSA) is 76.0 Å². The lowest BCUT2D eigenvalue weighted by atomic mass is 9.94. The number of halogens is 2. The minimum atomic E-state index is -1.49. The molecule has 0 aromatic heterocycles. The van der Waals surface area contributed by atoms with Crippen LogP contribution >= 0.6 is 0 Å². The lowest BCUT2D eigenvalue weighted by Gasteiger charge is -2.17. The van der Waals surface area contributed by atoms with Gasteiger partial charge in [0.05, 0.1) is 12.7 Å². The highest BCUT2D eigenvalue weighted by Crippen LogP contribution is 2.38. The first-order valence-corrected chi connectivity index (χ1v) is 4.84. The van der Waals surface area contributed by atoms with Crippen molar-refractivity contribution >= 4 is 23.7 Å². The fourth-order valence-corrected chi connectivity index (χ4v) is 1.66. The van der Waals surface area contributed by atoms with Crippen LogP contribution in [0.2, 0.25) is 0 Å². The summed E-state index contributed by atoms with van der Waals surface area (Å²) in [4.78, 5) is 26.2. The van der Waals surface area contributed by atoms with Crippen molar-refractivity contribution in [2.75, 3.05) is 7.11 Å². The number of hydrogen-bond donors (Lipinski definition) is 1. The summed E-state index contributed by atoms with van der Waals surface area (Å²) < 4.78 is 31.3. The third kappa shape index (κ3) is 1.64. The van der Waals surface area contributed by atoms with Gasteiger partial charge >= 0.3 is 5.97 Å². The highest BCUT2D eigenvalue weighted by molar-refractivity contribution is 6.22. The van der Waals surface area contributed by atoms with Crippen molar-refractivity contribution in [3.63, 3.8) is 0 Å². The van der Waals surface area contributed by atoms with Crippen molar-refractivity contribution < 1.29 is 28.2 Å². The molecule has 1 aromatic rings. The average molecular weight is 255 g/mol. The van der Waals surface area contributed by atoms with Crippen LogP contribution in [0.5, 0.6) is 5.75 Å². The summed E-state index contributed by atoms with van der Waals surface area (Å²) in [5, 5.41) is 8.77. The first-order valence-electron chi connectivity index (χ1n) is 4.84. The molecule has 0 spiro atoms. The lowest BCUT2D eigenvalue weighted by molar-refractivity contribution is -0.137. The summed E-state index contributed by atoms with van der Waals surface area (Å²) in [6.45, 7) is 0. The largest absolute Gasteiger partial charge is 0.491 e. The van der Waals surface area contributed by atoms with Gasteiger partial charge in [-0.15, -0.1) is 0 Å². The Balaban J connectivity index is 2.67. The Morgan fingerprint density at radius 1 is 1.50 bits per heavy atom. The molecule has 0 radical (unpaired) electrons. The maximum atomic E-state index is 13.4. The fourth-order valence-electron chi connectivity index (χ4n) is 1.66. The lowest BCUT2D eigenvalue weighted by Crippen LogP contribution is -2.28. The Morgan fingerprint density at radius 3 is 2.72 bits per heavy atom. The summed E-state index contributed by atoms with van der Waals surface area (Å²) in [7, 11) is 1.10. The molecule has 1 aliphatic rings. The van der Waals surface area contributed by atoms with E-state index in [-0.39, 0.29) is 11.3 Å². The predicted octanol–water partition coefficient (Wildman–Crippen LogP) is 1.57. The molecule has 7 heteroatoms. The molecule has 2 rings (SSSR count). The van der Waals surface area contributed by atoms with Crippen molar-refractivity contribution in [3.05, 3.63) is 23.3 Å². The van der Waals surface area contributed by atoms with E-state index in [4.69, 9.17) is 5.11 Å². The number of aliphatic imine (C=N–C) groups is 1. The monoisotopic (exact) mass is 255 g/mol. The zero-order chi connectivity index (χ0) is 13.4. The Hall–Kier alpha value is -2.31. The van der Waals surface area contributed by atoms with E-state index >= 15 is 0 Å². The third-order valence-corrected chi connectivity index (χ3v) is 2.52. The van der Waals surface area contributed by atoms with E-state index in [1.54, 1.807) is 0 Å². The van der Waals surface area contributed by atoms with Gasteiger partial charge in [0.1, 0.15) is 5.69 Å². The van der Waals surface area contributed by atoms with Crippen LogP contribution in [0.1, 0.15) is 10.4 Å². The van der Waals surface area contributed by atoms with Gasteiger partial charge < -0.3 is 9.84 Å². The van der Waals surface area contributed by atoms with Gasteiger partial charge in [0.15, 0.2) is 23.3 Å². The van der Waals surface area contributed by atoms with E-state index in [1.165, 1.54) is 0 Å². The molecule has 1 atom stereocenters. The van der Waals surface area contributed by atoms with Gasteiger partial charge in [0.2, 0.25) is 5.82 Å². The van der Waals surface area contributed by atoms with Crippen LogP contribution < -0.4 is 4.74 Å². The van der Waals surface area contributed by atoms with Crippen LogP contribution in [0.15, 0.2) is 11.1 Å². The number of fused-ring (bicyclic) bond motifs is 1. The van der Waals surface area contributed by atoms with Gasteiger partial charge in [-0.2, -0.15) is 4.39 Å². The molecule has 0 saturated carbocycles. The quantitative estimate of drug-likeness (QED) is 0.814. The van der Waals surface area contributed by atoms with Crippen molar-refractivity contribution in [3.8, 4) is 5.75 Å². The zero-order valence-corrected chi connectivity index (χ0v) is 9.11. The summed E-state index contributed by atoms with van der Waals surface area (Å²) in [5.41, 5.74) is -0.500. The van der Waals surface area contributed by atoms with Crippen molar-refractivity contribution in [1.29, 1.82) is 0 Å². The molecule has 5 nitrogen and oxygen atoms in total. The van der Waals surface area contributed by atoms with E-state index < -0.39 is 35.1 Å². The summed E-state index contributed by atoms with van der Waals surface area (Å²) in [6, 6.07) is 0.627. The normalized spacial score (nSPS) is 17.5. The van der Waals surface area contributed by atoms with Gasteiger partial charge in [-0.3, -0.25) is 14.6 Å². The van der Waals surface area contributed by atoms with E-state index in [1.807, 2.05) is 0 Å². The highest BCUT2D eigenvalue weighted by atomic mass is 19.2. The van der Waals surface area contributed by atoms with E-state index in [0.29, 0.717) is 6.07 Å². The van der Waals surface area contributed by atoms with Crippen LogP contribution in [-0.2, 0) is 4.79 Å². The van der Waals surface area contributed by atoms with Crippen LogP contribution in [-0.4, -0.2) is 30.2 Å². The minimum absolute atomic E-state index is 0.195. The molecule has 0 aliphatic carbocycles. The summed E-state index contributed by atoms with van der Waals surface area (Å²) in [6.07, 6.45) is 0.868. The zero-order valence-electron chi connectivity index (χ0n) is 9.11. The summed E-state index contributed by atoms with van der Waals surface area (Å²) >= 11 is 0. The maximum Gasteiger partial charge on any atom is 0.319 e. The number of ether oxygens (including phenoxy) is 1. The Bertz CT molecular complexity index is 583. The molecule has 94 valence electrons. The molecular formula is C11H7F2NO4. The van der Waals surface area contributed by atoms with E-state index in [9.17, 15) is 18.4 Å². The second-order valence-electron chi connectivity index (χ2n) is 3.56. The molecule has 1 aromatic carbocycles. The van der Waals surface area contributed by atoms with Crippen LogP contribution in [0, 0.1) is 17.6 Å². The van der Waals surface area contributed by atoms with Crippen LogP contribution in [0.3, 0.4) is 0 Å². The number of carboxylic acid groups (broad SMARTS) is 1. The van der Waals surface area contributed by atoms with Crippen LogP contribution in [0.4, 0.5) is 14.5 Å². The first-order chi connectivity index (χ1) is 8.47. The second-order valence-corrected chi connectivity index (χ2v) is 3.56. The molecule has 1 heterocycles. The average Bonchev–Trinajstić information content (AvgIpc) is 2.32. The molecule has 0 fully saturated rings. The van der Waals surface area contributed by atoms with Crippen molar-refractivity contribution in [2.24, 2.45) is 10.9 Å². The minimum Gasteiger partial charge on any atom is -0.491 e. The molecule has 18 heavy (non-hydrogen) atoms. The number of hydrogen-bond acceptors (Lipinski definition) is 4. The standard InChI is InChI=1S/C11H7F2NO4/c1-18-10-7(13)6(12)2-4-8(10)14-3-5(9(4)15)11(16)17/h2-3,5H,1H3,(H,16,17). The third-order valence-electron chi connectivity index (χ3n) is 2.52. The molecule has 0 saturated heterocycles. The molecule has 1 N–H and O–H groups in total.